The first-order valence-corrected chi connectivity index (χ1v) is 6.82. The highest BCUT2D eigenvalue weighted by molar-refractivity contribution is 9.09. The number of halogens is 1. The summed E-state index contributed by atoms with van der Waals surface area (Å²) in [6, 6.07) is 4.49. The summed E-state index contributed by atoms with van der Waals surface area (Å²) in [5, 5.41) is 0. The first kappa shape index (κ1) is 12.0. The summed E-state index contributed by atoms with van der Waals surface area (Å²) in [4.78, 5) is 0.503. The molecular formula is C14H19BrO. The Morgan fingerprint density at radius 3 is 2.31 bits per heavy atom. The van der Waals surface area contributed by atoms with E-state index in [2.05, 4.69) is 41.9 Å². The molecule has 1 saturated carbocycles. The fourth-order valence-corrected chi connectivity index (χ4v) is 3.06. The third-order valence-electron chi connectivity index (χ3n) is 3.29. The molecule has 88 valence electrons. The van der Waals surface area contributed by atoms with E-state index in [1.54, 1.807) is 7.11 Å². The van der Waals surface area contributed by atoms with Gasteiger partial charge in [-0.2, -0.15) is 0 Å². The average molecular weight is 283 g/mol. The zero-order valence-electron chi connectivity index (χ0n) is 10.2. The molecule has 0 aromatic heterocycles. The van der Waals surface area contributed by atoms with Crippen molar-refractivity contribution in [1.82, 2.24) is 0 Å². The zero-order valence-corrected chi connectivity index (χ0v) is 11.8. The number of rotatable bonds is 4. The van der Waals surface area contributed by atoms with Crippen LogP contribution < -0.4 is 4.74 Å². The van der Waals surface area contributed by atoms with E-state index in [0.29, 0.717) is 4.83 Å². The lowest BCUT2D eigenvalue weighted by atomic mass is 10.0. The van der Waals surface area contributed by atoms with E-state index in [4.69, 9.17) is 4.74 Å². The maximum absolute atomic E-state index is 5.39. The molecule has 1 atom stereocenters. The van der Waals surface area contributed by atoms with Crippen molar-refractivity contribution in [2.75, 3.05) is 7.11 Å². The molecule has 0 N–H and O–H groups in total. The normalized spacial score (nSPS) is 17.2. The highest BCUT2D eigenvalue weighted by Gasteiger charge is 2.25. The van der Waals surface area contributed by atoms with Gasteiger partial charge >= 0.3 is 0 Å². The summed E-state index contributed by atoms with van der Waals surface area (Å²) in [5.74, 6) is 1.97. The minimum absolute atomic E-state index is 0.503. The van der Waals surface area contributed by atoms with E-state index in [-0.39, 0.29) is 0 Å². The first-order valence-electron chi connectivity index (χ1n) is 5.91. The number of methoxy groups -OCH3 is 1. The van der Waals surface area contributed by atoms with E-state index in [1.165, 1.54) is 36.0 Å². The van der Waals surface area contributed by atoms with Gasteiger partial charge in [0.1, 0.15) is 5.75 Å². The topological polar surface area (TPSA) is 9.23 Å². The molecule has 1 fully saturated rings. The lowest BCUT2D eigenvalue weighted by Gasteiger charge is -2.15. The van der Waals surface area contributed by atoms with Gasteiger partial charge in [0, 0.05) is 4.83 Å². The molecule has 1 aromatic carbocycles. The van der Waals surface area contributed by atoms with Gasteiger partial charge in [-0.05, 0) is 42.9 Å². The van der Waals surface area contributed by atoms with Gasteiger partial charge in [0.05, 0.1) is 7.11 Å². The van der Waals surface area contributed by atoms with E-state index < -0.39 is 0 Å². The number of ether oxygens (including phenoxy) is 1. The summed E-state index contributed by atoms with van der Waals surface area (Å²) in [5.41, 5.74) is 3.86. The lowest BCUT2D eigenvalue weighted by Crippen LogP contribution is -1.97. The van der Waals surface area contributed by atoms with Gasteiger partial charge in [-0.1, -0.05) is 40.9 Å². The monoisotopic (exact) mass is 282 g/mol. The van der Waals surface area contributed by atoms with Crippen LogP contribution in [0, 0.1) is 19.8 Å². The molecule has 0 aliphatic heterocycles. The zero-order chi connectivity index (χ0) is 11.7. The van der Waals surface area contributed by atoms with Gasteiger partial charge in [0.15, 0.2) is 0 Å². The Bertz CT molecular complexity index is 359. The van der Waals surface area contributed by atoms with Gasteiger partial charge in [0.25, 0.3) is 0 Å². The minimum Gasteiger partial charge on any atom is -0.496 e. The Morgan fingerprint density at radius 1 is 1.31 bits per heavy atom. The quantitative estimate of drug-likeness (QED) is 0.737. The summed E-state index contributed by atoms with van der Waals surface area (Å²) >= 11 is 3.80. The Kier molecular flexibility index (Phi) is 3.58. The predicted molar refractivity (Wildman–Crippen MR) is 71.5 cm³/mol. The molecule has 1 nitrogen and oxygen atoms in total. The second kappa shape index (κ2) is 4.79. The van der Waals surface area contributed by atoms with E-state index in [1.807, 2.05) is 0 Å². The third-order valence-corrected chi connectivity index (χ3v) is 4.19. The largest absolute Gasteiger partial charge is 0.496 e. The van der Waals surface area contributed by atoms with E-state index in [9.17, 15) is 0 Å². The first-order chi connectivity index (χ1) is 7.61. The highest BCUT2D eigenvalue weighted by Crippen LogP contribution is 2.42. The van der Waals surface area contributed by atoms with Gasteiger partial charge in [-0.15, -0.1) is 0 Å². The van der Waals surface area contributed by atoms with E-state index >= 15 is 0 Å². The second-order valence-electron chi connectivity index (χ2n) is 4.83. The Labute approximate surface area is 106 Å². The van der Waals surface area contributed by atoms with Gasteiger partial charge < -0.3 is 4.74 Å². The Morgan fingerprint density at radius 2 is 1.88 bits per heavy atom. The van der Waals surface area contributed by atoms with Crippen molar-refractivity contribution in [3.8, 4) is 5.75 Å². The smallest absolute Gasteiger partial charge is 0.124 e. The number of aryl methyl sites for hydroxylation is 2. The van der Waals surface area contributed by atoms with Crippen molar-refractivity contribution in [2.24, 2.45) is 5.92 Å². The average Bonchev–Trinajstić information content (AvgIpc) is 3.01. The SMILES string of the molecule is COc1c(C)cc(C(Br)CC2CC2)cc1C. The number of alkyl halides is 1. The molecule has 1 aromatic rings. The molecule has 1 aliphatic rings. The molecule has 0 heterocycles. The number of hydrogen-bond acceptors (Lipinski definition) is 1. The van der Waals surface area contributed by atoms with Crippen molar-refractivity contribution in [3.63, 3.8) is 0 Å². The molecule has 2 heteroatoms. The van der Waals surface area contributed by atoms with Gasteiger partial charge in [0.2, 0.25) is 0 Å². The van der Waals surface area contributed by atoms with Crippen LogP contribution in [0.5, 0.6) is 5.75 Å². The number of hydrogen-bond donors (Lipinski definition) is 0. The Hall–Kier alpha value is -0.500. The predicted octanol–water partition coefficient (Wildman–Crippen LogP) is 4.55. The maximum Gasteiger partial charge on any atom is 0.124 e. The molecule has 1 aliphatic carbocycles. The third kappa shape index (κ3) is 2.60. The fraction of sp³-hybridized carbons (Fsp3) is 0.571. The highest BCUT2D eigenvalue weighted by atomic mass is 79.9. The minimum atomic E-state index is 0.503. The van der Waals surface area contributed by atoms with Gasteiger partial charge in [-0.25, -0.2) is 0 Å². The Balaban J connectivity index is 2.20. The summed E-state index contributed by atoms with van der Waals surface area (Å²) < 4.78 is 5.39. The van der Waals surface area contributed by atoms with Crippen molar-refractivity contribution in [2.45, 2.75) is 37.9 Å². The summed E-state index contributed by atoms with van der Waals surface area (Å²) in [6.45, 7) is 4.23. The van der Waals surface area contributed by atoms with E-state index in [0.717, 1.165) is 11.7 Å². The van der Waals surface area contributed by atoms with Crippen molar-refractivity contribution < 1.29 is 4.74 Å². The van der Waals surface area contributed by atoms with Crippen LogP contribution in [-0.4, -0.2) is 7.11 Å². The maximum atomic E-state index is 5.39. The molecule has 0 amide bonds. The second-order valence-corrected chi connectivity index (χ2v) is 5.94. The lowest BCUT2D eigenvalue weighted by molar-refractivity contribution is 0.408. The molecular weight excluding hydrogens is 264 g/mol. The van der Waals surface area contributed by atoms with Crippen molar-refractivity contribution >= 4 is 15.9 Å². The van der Waals surface area contributed by atoms with Crippen LogP contribution in [0.4, 0.5) is 0 Å². The van der Waals surface area contributed by atoms with Crippen LogP contribution in [0.1, 0.15) is 40.8 Å². The standard InChI is InChI=1S/C14H19BrO/c1-9-6-12(7-10(2)14(9)16-3)13(15)8-11-4-5-11/h6-7,11,13H,4-5,8H2,1-3H3. The van der Waals surface area contributed by atoms with Crippen LogP contribution >= 0.6 is 15.9 Å². The fourth-order valence-electron chi connectivity index (χ4n) is 2.27. The number of benzene rings is 1. The molecule has 0 bridgehead atoms. The molecule has 16 heavy (non-hydrogen) atoms. The van der Waals surface area contributed by atoms with Crippen LogP contribution in [0.2, 0.25) is 0 Å². The molecule has 1 unspecified atom stereocenters. The van der Waals surface area contributed by atoms with Crippen LogP contribution in [0.3, 0.4) is 0 Å². The summed E-state index contributed by atoms with van der Waals surface area (Å²) in [7, 11) is 1.74. The van der Waals surface area contributed by atoms with Crippen LogP contribution in [0.15, 0.2) is 12.1 Å². The molecule has 2 rings (SSSR count). The van der Waals surface area contributed by atoms with Crippen molar-refractivity contribution in [1.29, 1.82) is 0 Å². The van der Waals surface area contributed by atoms with Crippen LogP contribution in [0.25, 0.3) is 0 Å². The van der Waals surface area contributed by atoms with Gasteiger partial charge in [-0.3, -0.25) is 0 Å². The molecule has 0 spiro atoms. The molecule has 0 radical (unpaired) electrons. The molecule has 0 saturated heterocycles. The van der Waals surface area contributed by atoms with Crippen molar-refractivity contribution in [3.05, 3.63) is 28.8 Å². The summed E-state index contributed by atoms with van der Waals surface area (Å²) in [6.07, 6.45) is 4.09. The van der Waals surface area contributed by atoms with Crippen LogP contribution in [-0.2, 0) is 0 Å².